The maximum Gasteiger partial charge on any atom is 0.321 e. The SMILES string of the molecule is CCOC(=O)C1(c2nc(C(C)C)no2)CCCCCC1. The third-order valence-electron chi connectivity index (χ3n) is 3.99. The molecule has 0 aliphatic heterocycles. The summed E-state index contributed by atoms with van der Waals surface area (Å²) in [5.41, 5.74) is -0.730. The van der Waals surface area contributed by atoms with E-state index in [0.29, 0.717) is 18.3 Å². The van der Waals surface area contributed by atoms with Gasteiger partial charge in [-0.25, -0.2) is 0 Å². The summed E-state index contributed by atoms with van der Waals surface area (Å²) in [7, 11) is 0. The number of rotatable bonds is 4. The third kappa shape index (κ3) is 2.86. The van der Waals surface area contributed by atoms with E-state index >= 15 is 0 Å². The summed E-state index contributed by atoms with van der Waals surface area (Å²) in [5.74, 6) is 1.09. The average Bonchev–Trinajstić information content (AvgIpc) is 2.79. The molecular formula is C15H24N2O3. The Labute approximate surface area is 120 Å². The van der Waals surface area contributed by atoms with Crippen LogP contribution in [0.4, 0.5) is 0 Å². The zero-order valence-electron chi connectivity index (χ0n) is 12.6. The van der Waals surface area contributed by atoms with Crippen LogP contribution < -0.4 is 0 Å². The Morgan fingerprint density at radius 1 is 1.30 bits per heavy atom. The van der Waals surface area contributed by atoms with E-state index in [1.807, 2.05) is 20.8 Å². The first kappa shape index (κ1) is 15.0. The Hall–Kier alpha value is -1.39. The fourth-order valence-electron chi connectivity index (χ4n) is 2.77. The minimum atomic E-state index is -0.730. The van der Waals surface area contributed by atoms with Gasteiger partial charge < -0.3 is 9.26 Å². The van der Waals surface area contributed by atoms with E-state index in [2.05, 4.69) is 10.1 Å². The lowest BCUT2D eigenvalue weighted by Crippen LogP contribution is -2.37. The van der Waals surface area contributed by atoms with E-state index in [4.69, 9.17) is 9.26 Å². The van der Waals surface area contributed by atoms with Gasteiger partial charge in [-0.05, 0) is 19.8 Å². The molecule has 1 aliphatic rings. The van der Waals surface area contributed by atoms with Crippen molar-refractivity contribution >= 4 is 5.97 Å². The molecule has 20 heavy (non-hydrogen) atoms. The number of aromatic nitrogens is 2. The molecule has 5 nitrogen and oxygen atoms in total. The second kappa shape index (κ2) is 6.37. The van der Waals surface area contributed by atoms with Gasteiger partial charge in [-0.2, -0.15) is 4.98 Å². The summed E-state index contributed by atoms with van der Waals surface area (Å²) in [4.78, 5) is 17.0. The molecule has 0 unspecified atom stereocenters. The van der Waals surface area contributed by atoms with Crippen LogP contribution in [0.2, 0.25) is 0 Å². The average molecular weight is 280 g/mol. The van der Waals surface area contributed by atoms with Crippen LogP contribution in [0.3, 0.4) is 0 Å². The normalized spacial score (nSPS) is 18.8. The Kier molecular flexibility index (Phi) is 4.78. The van der Waals surface area contributed by atoms with Crippen molar-refractivity contribution in [2.75, 3.05) is 6.61 Å². The molecule has 1 aliphatic carbocycles. The largest absolute Gasteiger partial charge is 0.465 e. The Bertz CT molecular complexity index is 446. The van der Waals surface area contributed by atoms with E-state index < -0.39 is 5.41 Å². The fourth-order valence-corrected chi connectivity index (χ4v) is 2.77. The predicted molar refractivity (Wildman–Crippen MR) is 74.4 cm³/mol. The Balaban J connectivity index is 2.35. The summed E-state index contributed by atoms with van der Waals surface area (Å²) in [6.45, 7) is 6.24. The predicted octanol–water partition coefficient (Wildman–Crippen LogP) is 3.35. The topological polar surface area (TPSA) is 65.2 Å². The minimum absolute atomic E-state index is 0.192. The van der Waals surface area contributed by atoms with Gasteiger partial charge in [0.2, 0.25) is 5.89 Å². The van der Waals surface area contributed by atoms with Gasteiger partial charge >= 0.3 is 5.97 Å². The molecule has 1 fully saturated rings. The highest BCUT2D eigenvalue weighted by molar-refractivity contribution is 5.81. The van der Waals surface area contributed by atoms with Crippen molar-refractivity contribution in [2.24, 2.45) is 0 Å². The van der Waals surface area contributed by atoms with Crippen LogP contribution in [0, 0.1) is 0 Å². The molecule has 5 heteroatoms. The molecule has 1 saturated carbocycles. The fraction of sp³-hybridized carbons (Fsp3) is 0.800. The van der Waals surface area contributed by atoms with Gasteiger partial charge in [-0.15, -0.1) is 0 Å². The molecule has 0 bridgehead atoms. The zero-order chi connectivity index (χ0) is 14.6. The maximum atomic E-state index is 12.5. The van der Waals surface area contributed by atoms with Gasteiger partial charge in [0.15, 0.2) is 5.82 Å². The lowest BCUT2D eigenvalue weighted by Gasteiger charge is -2.26. The van der Waals surface area contributed by atoms with Gasteiger partial charge in [0.1, 0.15) is 5.41 Å². The Morgan fingerprint density at radius 2 is 1.95 bits per heavy atom. The summed E-state index contributed by atoms with van der Waals surface area (Å²) in [6, 6.07) is 0. The Morgan fingerprint density at radius 3 is 2.45 bits per heavy atom. The second-order valence-corrected chi connectivity index (χ2v) is 5.83. The highest BCUT2D eigenvalue weighted by Gasteiger charge is 2.46. The first-order valence-corrected chi connectivity index (χ1v) is 7.61. The van der Waals surface area contributed by atoms with Crippen molar-refractivity contribution < 1.29 is 14.1 Å². The summed E-state index contributed by atoms with van der Waals surface area (Å²) in [6.07, 6.45) is 5.77. The van der Waals surface area contributed by atoms with Crippen molar-refractivity contribution in [3.05, 3.63) is 11.7 Å². The van der Waals surface area contributed by atoms with Gasteiger partial charge in [0.05, 0.1) is 6.61 Å². The monoisotopic (exact) mass is 280 g/mol. The van der Waals surface area contributed by atoms with Gasteiger partial charge in [0, 0.05) is 5.92 Å². The number of hydrogen-bond acceptors (Lipinski definition) is 5. The number of ether oxygens (including phenoxy) is 1. The molecule has 1 heterocycles. The lowest BCUT2D eigenvalue weighted by molar-refractivity contribution is -0.152. The standard InChI is InChI=1S/C15H24N2O3/c1-4-19-14(18)15(9-7-5-6-8-10-15)13-16-12(11(2)3)17-20-13/h11H,4-10H2,1-3H3. The molecular weight excluding hydrogens is 256 g/mol. The van der Waals surface area contributed by atoms with Gasteiger partial charge in [0.25, 0.3) is 0 Å². The van der Waals surface area contributed by atoms with Crippen LogP contribution in [-0.4, -0.2) is 22.7 Å². The molecule has 0 amide bonds. The smallest absolute Gasteiger partial charge is 0.321 e. The molecule has 2 rings (SSSR count). The van der Waals surface area contributed by atoms with Crippen LogP contribution >= 0.6 is 0 Å². The molecule has 1 aromatic heterocycles. The number of esters is 1. The van der Waals surface area contributed by atoms with E-state index in [-0.39, 0.29) is 11.9 Å². The molecule has 0 N–H and O–H groups in total. The molecule has 0 saturated heterocycles. The highest BCUT2D eigenvalue weighted by Crippen LogP contribution is 2.39. The highest BCUT2D eigenvalue weighted by atomic mass is 16.5. The van der Waals surface area contributed by atoms with Crippen LogP contribution in [0.5, 0.6) is 0 Å². The van der Waals surface area contributed by atoms with E-state index in [9.17, 15) is 4.79 Å². The number of carbonyl (C=O) groups excluding carboxylic acids is 1. The van der Waals surface area contributed by atoms with Crippen LogP contribution in [0.25, 0.3) is 0 Å². The second-order valence-electron chi connectivity index (χ2n) is 5.83. The summed E-state index contributed by atoms with van der Waals surface area (Å²) < 4.78 is 10.7. The van der Waals surface area contributed by atoms with Crippen molar-refractivity contribution in [3.63, 3.8) is 0 Å². The molecule has 0 radical (unpaired) electrons. The third-order valence-corrected chi connectivity index (χ3v) is 3.99. The van der Waals surface area contributed by atoms with Crippen molar-refractivity contribution in [3.8, 4) is 0 Å². The maximum absolute atomic E-state index is 12.5. The first-order chi connectivity index (χ1) is 9.60. The van der Waals surface area contributed by atoms with Crippen molar-refractivity contribution in [1.29, 1.82) is 0 Å². The van der Waals surface area contributed by atoms with E-state index in [1.54, 1.807) is 0 Å². The molecule has 0 spiro atoms. The first-order valence-electron chi connectivity index (χ1n) is 7.61. The number of hydrogen-bond donors (Lipinski definition) is 0. The quantitative estimate of drug-likeness (QED) is 0.625. The molecule has 1 aromatic rings. The van der Waals surface area contributed by atoms with Crippen molar-refractivity contribution in [1.82, 2.24) is 10.1 Å². The van der Waals surface area contributed by atoms with Crippen LogP contribution in [0.15, 0.2) is 4.52 Å². The lowest BCUT2D eigenvalue weighted by atomic mass is 9.80. The van der Waals surface area contributed by atoms with E-state index in [0.717, 1.165) is 38.5 Å². The molecule has 0 aromatic carbocycles. The van der Waals surface area contributed by atoms with Crippen LogP contribution in [0.1, 0.15) is 76.9 Å². The minimum Gasteiger partial charge on any atom is -0.465 e. The molecule has 112 valence electrons. The number of nitrogens with zero attached hydrogens (tertiary/aromatic N) is 2. The summed E-state index contributed by atoms with van der Waals surface area (Å²) >= 11 is 0. The summed E-state index contributed by atoms with van der Waals surface area (Å²) in [5, 5.41) is 4.02. The van der Waals surface area contributed by atoms with Gasteiger partial charge in [-0.3, -0.25) is 4.79 Å². The van der Waals surface area contributed by atoms with Crippen LogP contribution in [-0.2, 0) is 14.9 Å². The van der Waals surface area contributed by atoms with Gasteiger partial charge in [-0.1, -0.05) is 44.7 Å². The molecule has 0 atom stereocenters. The van der Waals surface area contributed by atoms with Crippen molar-refractivity contribution in [2.45, 2.75) is 70.6 Å². The number of carbonyl (C=O) groups is 1. The van der Waals surface area contributed by atoms with E-state index in [1.165, 1.54) is 0 Å². The zero-order valence-corrected chi connectivity index (χ0v) is 12.6.